The summed E-state index contributed by atoms with van der Waals surface area (Å²) in [7, 11) is 0. The van der Waals surface area contributed by atoms with Crippen molar-refractivity contribution >= 4 is 65.1 Å². The van der Waals surface area contributed by atoms with Gasteiger partial charge in [-0.25, -0.2) is 4.79 Å². The number of likely N-dealkylation sites (tertiary alicyclic amines) is 1. The summed E-state index contributed by atoms with van der Waals surface area (Å²) < 4.78 is 0. The minimum absolute atomic E-state index is 0.0275. The van der Waals surface area contributed by atoms with E-state index in [0.29, 0.717) is 23.1 Å². The Morgan fingerprint density at radius 3 is 1.52 bits per heavy atom. The van der Waals surface area contributed by atoms with Crippen molar-refractivity contribution in [2.45, 2.75) is 133 Å². The third kappa shape index (κ3) is 21.9. The zero-order chi connectivity index (χ0) is 58.9. The van der Waals surface area contributed by atoms with E-state index in [1.165, 1.54) is 17.0 Å². The van der Waals surface area contributed by atoms with Crippen molar-refractivity contribution in [2.75, 3.05) is 19.6 Å². The quantitative estimate of drug-likeness (QED) is 0.0179. The smallest absolute Gasteiger partial charge is 0.326 e. The predicted molar refractivity (Wildman–Crippen MR) is 297 cm³/mol. The normalized spacial score (nSPS) is 15.5. The molecule has 0 aromatic heterocycles. The van der Waals surface area contributed by atoms with Gasteiger partial charge in [0.2, 0.25) is 47.3 Å². The van der Waals surface area contributed by atoms with Crippen molar-refractivity contribution in [1.82, 2.24) is 36.8 Å². The summed E-state index contributed by atoms with van der Waals surface area (Å²) in [6.45, 7) is 3.81. The molecule has 1 saturated heterocycles. The lowest BCUT2D eigenvalue weighted by atomic mass is 9.99. The summed E-state index contributed by atoms with van der Waals surface area (Å²) in [6.07, 6.45) is 0.0138. The Hall–Kier alpha value is -8.81. The summed E-state index contributed by atoms with van der Waals surface area (Å²) in [5.41, 5.74) is 35.6. The molecule has 0 aliphatic carbocycles. The first-order valence-electron chi connectivity index (χ1n) is 26.4. The molecule has 1 fully saturated rings. The number of hydrogen-bond acceptors (Lipinski definition) is 13. The Balaban J connectivity index is 1.61. The van der Waals surface area contributed by atoms with Gasteiger partial charge in [-0.3, -0.25) is 48.3 Å². The molecule has 20 N–H and O–H groups in total. The van der Waals surface area contributed by atoms with Crippen LogP contribution in [0.4, 0.5) is 0 Å². The number of guanidine groups is 2. The van der Waals surface area contributed by atoms with Gasteiger partial charge in [0, 0.05) is 32.5 Å². The topological polar surface area (TPSA) is 450 Å². The molecular weight excluding hydrogens is 1030 g/mol. The van der Waals surface area contributed by atoms with E-state index in [2.05, 4.69) is 41.9 Å². The van der Waals surface area contributed by atoms with Crippen LogP contribution in [0.5, 0.6) is 5.75 Å². The summed E-state index contributed by atoms with van der Waals surface area (Å²) >= 11 is 0. The number of amides is 8. The molecule has 1 aliphatic heterocycles. The largest absolute Gasteiger partial charge is 0.508 e. The van der Waals surface area contributed by atoms with E-state index in [4.69, 9.17) is 34.4 Å². The maximum Gasteiger partial charge on any atom is 0.326 e. The van der Waals surface area contributed by atoms with Crippen LogP contribution in [-0.2, 0) is 62.4 Å². The number of carbonyl (C=O) groups excluding carboxylic acids is 8. The lowest BCUT2D eigenvalue weighted by molar-refractivity contribution is -0.144. The number of phenols is 1. The highest BCUT2D eigenvalue weighted by Crippen LogP contribution is 2.21. The van der Waals surface area contributed by atoms with E-state index in [1.54, 1.807) is 72.8 Å². The van der Waals surface area contributed by atoms with Crippen molar-refractivity contribution < 1.29 is 53.4 Å². The minimum Gasteiger partial charge on any atom is -0.508 e. The molecule has 8 amide bonds. The molecule has 3 aromatic carbocycles. The molecule has 4 rings (SSSR count). The van der Waals surface area contributed by atoms with E-state index in [9.17, 15) is 53.4 Å². The van der Waals surface area contributed by atoms with Crippen molar-refractivity contribution in [2.24, 2.45) is 50.3 Å². The van der Waals surface area contributed by atoms with Crippen LogP contribution < -0.4 is 66.3 Å². The van der Waals surface area contributed by atoms with Crippen molar-refractivity contribution in [3.63, 3.8) is 0 Å². The van der Waals surface area contributed by atoms with E-state index in [1.807, 2.05) is 13.8 Å². The van der Waals surface area contributed by atoms with Gasteiger partial charge in [0.1, 0.15) is 48.0 Å². The molecule has 1 heterocycles. The number of aromatic hydroxyl groups is 1. The minimum atomic E-state index is -1.72. The Morgan fingerprint density at radius 2 is 1.02 bits per heavy atom. The van der Waals surface area contributed by atoms with E-state index in [0.717, 1.165) is 0 Å². The fraction of sp³-hybridized carbons (Fsp3) is 0.463. The highest BCUT2D eigenvalue weighted by Gasteiger charge is 2.40. The fourth-order valence-electron chi connectivity index (χ4n) is 8.87. The van der Waals surface area contributed by atoms with Gasteiger partial charge in [0.25, 0.3) is 0 Å². The number of benzene rings is 3. The zero-order valence-corrected chi connectivity index (χ0v) is 45.1. The van der Waals surface area contributed by atoms with Crippen LogP contribution in [-0.4, -0.2) is 148 Å². The van der Waals surface area contributed by atoms with E-state index in [-0.39, 0.29) is 101 Å². The number of phenolic OH excluding ortho intramolecular Hbond substituents is 1. The first-order valence-corrected chi connectivity index (χ1v) is 26.4. The summed E-state index contributed by atoms with van der Waals surface area (Å²) in [4.78, 5) is 132. The summed E-state index contributed by atoms with van der Waals surface area (Å²) in [5.74, 6) is -8.44. The second kappa shape index (κ2) is 32.2. The monoisotopic (exact) mass is 1110 g/mol. The molecule has 0 radical (unpaired) electrons. The van der Waals surface area contributed by atoms with E-state index >= 15 is 0 Å². The number of aliphatic imine (C=N–C) groups is 2. The second-order valence-electron chi connectivity index (χ2n) is 19.9. The van der Waals surface area contributed by atoms with Crippen molar-refractivity contribution in [3.05, 3.63) is 102 Å². The molecule has 0 spiro atoms. The number of nitrogens with one attached hydrogen (secondary N) is 6. The fourth-order valence-corrected chi connectivity index (χ4v) is 8.87. The molecule has 26 heteroatoms. The van der Waals surface area contributed by atoms with Crippen LogP contribution in [0.15, 0.2) is 94.9 Å². The molecule has 26 nitrogen and oxygen atoms in total. The lowest BCUT2D eigenvalue weighted by Gasteiger charge is -2.31. The second-order valence-corrected chi connectivity index (χ2v) is 19.9. The molecule has 8 unspecified atom stereocenters. The van der Waals surface area contributed by atoms with Crippen LogP contribution >= 0.6 is 0 Å². The third-order valence-corrected chi connectivity index (χ3v) is 12.9. The Kier molecular flexibility index (Phi) is 25.6. The van der Waals surface area contributed by atoms with Crippen molar-refractivity contribution in [1.29, 1.82) is 0 Å². The molecule has 434 valence electrons. The SMILES string of the molecule is CC(C)CC(NC(=O)C(Cc1ccccc1)NC(=O)C(N)Cc1ccc(O)cc1)C(=O)NC(Cc1ccccc1)C(=O)NC(CCCN=C(N)N)C(=O)N1CCCC1C(=O)NC(CCCN=C(N)N)C(=O)NC(CC(N)=O)C(=O)O. The molecule has 3 aromatic rings. The molecule has 8 atom stereocenters. The third-order valence-electron chi connectivity index (χ3n) is 12.9. The van der Waals surface area contributed by atoms with Crippen LogP contribution in [0.25, 0.3) is 0 Å². The number of nitrogens with two attached hydrogens (primary N) is 6. The van der Waals surface area contributed by atoms with Crippen molar-refractivity contribution in [3.8, 4) is 5.75 Å². The van der Waals surface area contributed by atoms with Gasteiger partial charge >= 0.3 is 5.97 Å². The summed E-state index contributed by atoms with van der Waals surface area (Å²) in [6, 6.07) is 13.3. The van der Waals surface area contributed by atoms with Crippen LogP contribution in [0.1, 0.15) is 81.9 Å². The van der Waals surface area contributed by atoms with Crippen LogP contribution in [0.3, 0.4) is 0 Å². The average molecular weight is 1110 g/mol. The standard InChI is InChI=1S/C54H77N15O11/c1-31(2)26-39(66-49(76)40(28-32-12-5-3-6-13-32)65-45(72)36(55)27-34-19-21-35(70)22-20-34)47(74)67-41(29-33-14-7-4-8-15-33)48(75)64-38(17-10-24-62-54(59)60)51(78)69-25-11-18-43(69)50(77)63-37(16-9-23-61-53(57)58)46(73)68-42(52(79)80)30-44(56)71/h3-8,12-15,19-22,31,36-43,70H,9-11,16-18,23-30,55H2,1-2H3,(H2,56,71)(H,63,77)(H,64,75)(H,65,72)(H,66,76)(H,67,74)(H,68,73)(H,79,80)(H4,57,58,61)(H4,59,60,62). The van der Waals surface area contributed by atoms with Gasteiger partial charge < -0.3 is 81.4 Å². The number of primary amides is 1. The maximum atomic E-state index is 14.7. The Bertz CT molecular complexity index is 2630. The van der Waals surface area contributed by atoms with Gasteiger partial charge in [0.15, 0.2) is 11.9 Å². The molecule has 0 saturated carbocycles. The molecular formula is C54H77N15O11. The average Bonchev–Trinajstić information content (AvgIpc) is 3.91. The molecule has 80 heavy (non-hydrogen) atoms. The predicted octanol–water partition coefficient (Wildman–Crippen LogP) is -2.24. The number of carbonyl (C=O) groups is 9. The Labute approximate surface area is 464 Å². The van der Waals surface area contributed by atoms with Crippen LogP contribution in [0, 0.1) is 5.92 Å². The number of nitrogens with zero attached hydrogens (tertiary/aromatic N) is 3. The maximum absolute atomic E-state index is 14.7. The van der Waals surface area contributed by atoms with Gasteiger partial charge in [-0.05, 0) is 86.1 Å². The van der Waals surface area contributed by atoms with Gasteiger partial charge in [-0.15, -0.1) is 0 Å². The number of hydrogen-bond donors (Lipinski definition) is 14. The first-order chi connectivity index (χ1) is 38.0. The number of rotatable bonds is 32. The molecule has 0 bridgehead atoms. The highest BCUT2D eigenvalue weighted by atomic mass is 16.4. The number of carboxylic acid groups (broad SMARTS) is 1. The van der Waals surface area contributed by atoms with Gasteiger partial charge in [-0.1, -0.05) is 86.6 Å². The van der Waals surface area contributed by atoms with Gasteiger partial charge in [0.05, 0.1) is 12.5 Å². The highest BCUT2D eigenvalue weighted by molar-refractivity contribution is 5.98. The number of aliphatic carboxylic acids is 1. The summed E-state index contributed by atoms with van der Waals surface area (Å²) in [5, 5.41) is 35.4. The first kappa shape index (κ1) is 63.7. The lowest BCUT2D eigenvalue weighted by Crippen LogP contribution is -2.60. The van der Waals surface area contributed by atoms with E-state index < -0.39 is 108 Å². The van der Waals surface area contributed by atoms with Gasteiger partial charge in [-0.2, -0.15) is 0 Å². The molecule has 1 aliphatic rings. The number of carboxylic acids is 1. The Morgan fingerprint density at radius 1 is 0.575 bits per heavy atom. The zero-order valence-electron chi connectivity index (χ0n) is 45.1. The van der Waals surface area contributed by atoms with Crippen LogP contribution in [0.2, 0.25) is 0 Å².